The van der Waals surface area contributed by atoms with E-state index in [1.165, 1.54) is 0 Å². The Hall–Kier alpha value is -1.98. The molecule has 0 aliphatic carbocycles. The summed E-state index contributed by atoms with van der Waals surface area (Å²) in [5.41, 5.74) is 1.78. The first kappa shape index (κ1) is 11.5. The van der Waals surface area contributed by atoms with Gasteiger partial charge < -0.3 is 9.88 Å². The number of anilines is 1. The zero-order valence-corrected chi connectivity index (χ0v) is 10.1. The molecule has 0 bridgehead atoms. The van der Waals surface area contributed by atoms with Crippen LogP contribution >= 0.6 is 0 Å². The topological polar surface area (TPSA) is 68.5 Å². The van der Waals surface area contributed by atoms with Gasteiger partial charge in [0, 0.05) is 25.5 Å². The Bertz CT molecular complexity index is 465. The highest BCUT2D eigenvalue weighted by Crippen LogP contribution is 2.02. The average Bonchev–Trinajstić information content (AvgIpc) is 2.82. The van der Waals surface area contributed by atoms with Crippen LogP contribution in [0.4, 0.5) is 5.95 Å². The number of aromatic nitrogens is 5. The summed E-state index contributed by atoms with van der Waals surface area (Å²) in [7, 11) is 0. The molecule has 0 aliphatic heterocycles. The summed E-state index contributed by atoms with van der Waals surface area (Å²) >= 11 is 0. The number of nitrogens with one attached hydrogen (secondary N) is 1. The third-order valence-electron chi connectivity index (χ3n) is 2.53. The third-order valence-corrected chi connectivity index (χ3v) is 2.53. The molecule has 2 heterocycles. The molecule has 0 radical (unpaired) electrons. The SMILES string of the molecule is Cc1nnc(NCCCn2ccnc2)nc1C. The van der Waals surface area contributed by atoms with Crippen molar-refractivity contribution in [3.8, 4) is 0 Å². The smallest absolute Gasteiger partial charge is 0.242 e. The number of imidazole rings is 1. The Kier molecular flexibility index (Phi) is 3.64. The summed E-state index contributed by atoms with van der Waals surface area (Å²) in [6.07, 6.45) is 6.54. The largest absolute Gasteiger partial charge is 0.353 e. The van der Waals surface area contributed by atoms with Gasteiger partial charge in [0.2, 0.25) is 5.95 Å². The van der Waals surface area contributed by atoms with Gasteiger partial charge in [-0.05, 0) is 20.3 Å². The maximum absolute atomic E-state index is 4.30. The van der Waals surface area contributed by atoms with Gasteiger partial charge in [0.05, 0.1) is 17.7 Å². The fourth-order valence-corrected chi connectivity index (χ4v) is 1.41. The van der Waals surface area contributed by atoms with Crippen molar-refractivity contribution in [1.82, 2.24) is 24.7 Å². The molecule has 1 N–H and O–H groups in total. The van der Waals surface area contributed by atoms with Crippen LogP contribution in [0.1, 0.15) is 17.8 Å². The van der Waals surface area contributed by atoms with E-state index in [1.807, 2.05) is 30.9 Å². The summed E-state index contributed by atoms with van der Waals surface area (Å²) in [4.78, 5) is 8.29. The van der Waals surface area contributed by atoms with Crippen LogP contribution in [0.15, 0.2) is 18.7 Å². The lowest BCUT2D eigenvalue weighted by molar-refractivity contribution is 0.658. The Morgan fingerprint density at radius 3 is 2.82 bits per heavy atom. The first-order valence-electron chi connectivity index (χ1n) is 5.63. The summed E-state index contributed by atoms with van der Waals surface area (Å²) in [6.45, 7) is 5.59. The summed E-state index contributed by atoms with van der Waals surface area (Å²) in [6, 6.07) is 0. The normalized spacial score (nSPS) is 10.5. The van der Waals surface area contributed by atoms with Crippen LogP contribution in [-0.2, 0) is 6.54 Å². The third kappa shape index (κ3) is 3.24. The van der Waals surface area contributed by atoms with Gasteiger partial charge in [-0.1, -0.05) is 0 Å². The predicted octanol–water partition coefficient (Wildman–Crippen LogP) is 1.19. The van der Waals surface area contributed by atoms with Gasteiger partial charge in [0.1, 0.15) is 0 Å². The van der Waals surface area contributed by atoms with Crippen LogP contribution in [0.3, 0.4) is 0 Å². The maximum atomic E-state index is 4.30. The van der Waals surface area contributed by atoms with Crippen LogP contribution in [0.5, 0.6) is 0 Å². The molecule has 17 heavy (non-hydrogen) atoms. The van der Waals surface area contributed by atoms with E-state index in [0.29, 0.717) is 5.95 Å². The van der Waals surface area contributed by atoms with Gasteiger partial charge in [-0.3, -0.25) is 0 Å². The van der Waals surface area contributed by atoms with Crippen molar-refractivity contribution in [3.05, 3.63) is 30.1 Å². The molecule has 0 aliphatic rings. The summed E-state index contributed by atoms with van der Waals surface area (Å²) in [5.74, 6) is 0.596. The highest BCUT2D eigenvalue weighted by atomic mass is 15.2. The molecule has 0 amide bonds. The van der Waals surface area contributed by atoms with Gasteiger partial charge in [0.15, 0.2) is 0 Å². The maximum Gasteiger partial charge on any atom is 0.242 e. The predicted molar refractivity (Wildman–Crippen MR) is 64.6 cm³/mol. The zero-order valence-electron chi connectivity index (χ0n) is 10.1. The summed E-state index contributed by atoms with van der Waals surface area (Å²) < 4.78 is 2.04. The average molecular weight is 232 g/mol. The zero-order chi connectivity index (χ0) is 12.1. The standard InChI is InChI=1S/C11H16N6/c1-9-10(2)15-16-11(14-9)13-4-3-6-17-7-5-12-8-17/h5,7-8H,3-4,6H2,1-2H3,(H,13,14,16). The second-order valence-corrected chi connectivity index (χ2v) is 3.89. The molecule has 2 rings (SSSR count). The van der Waals surface area contributed by atoms with Crippen molar-refractivity contribution in [2.45, 2.75) is 26.8 Å². The van der Waals surface area contributed by atoms with Crippen molar-refractivity contribution >= 4 is 5.95 Å². The molecule has 0 saturated carbocycles. The first-order chi connectivity index (χ1) is 8.25. The Morgan fingerprint density at radius 2 is 2.12 bits per heavy atom. The molecule has 6 heteroatoms. The molecular formula is C11H16N6. The molecule has 90 valence electrons. The quantitative estimate of drug-likeness (QED) is 0.784. The molecular weight excluding hydrogens is 216 g/mol. The van der Waals surface area contributed by atoms with Gasteiger partial charge in [-0.2, -0.15) is 5.10 Å². The van der Waals surface area contributed by atoms with Crippen LogP contribution in [0, 0.1) is 13.8 Å². The van der Waals surface area contributed by atoms with E-state index in [2.05, 4.69) is 25.5 Å². The molecule has 0 saturated heterocycles. The van der Waals surface area contributed by atoms with Gasteiger partial charge in [-0.25, -0.2) is 9.97 Å². The van der Waals surface area contributed by atoms with E-state index in [0.717, 1.165) is 30.9 Å². The number of hydrogen-bond acceptors (Lipinski definition) is 5. The van der Waals surface area contributed by atoms with Crippen molar-refractivity contribution in [1.29, 1.82) is 0 Å². The van der Waals surface area contributed by atoms with E-state index < -0.39 is 0 Å². The van der Waals surface area contributed by atoms with Crippen molar-refractivity contribution in [3.63, 3.8) is 0 Å². The first-order valence-corrected chi connectivity index (χ1v) is 5.63. The number of nitrogens with zero attached hydrogens (tertiary/aromatic N) is 5. The molecule has 0 aromatic carbocycles. The summed E-state index contributed by atoms with van der Waals surface area (Å²) in [5, 5.41) is 11.2. The van der Waals surface area contributed by atoms with Crippen molar-refractivity contribution in [2.75, 3.05) is 11.9 Å². The number of aryl methyl sites for hydroxylation is 3. The van der Waals surface area contributed by atoms with Gasteiger partial charge >= 0.3 is 0 Å². The Morgan fingerprint density at radius 1 is 1.24 bits per heavy atom. The fraction of sp³-hybridized carbons (Fsp3) is 0.455. The van der Waals surface area contributed by atoms with E-state index in [-0.39, 0.29) is 0 Å². The molecule has 0 spiro atoms. The number of rotatable bonds is 5. The van der Waals surface area contributed by atoms with Crippen LogP contribution in [0.2, 0.25) is 0 Å². The lowest BCUT2D eigenvalue weighted by atomic mass is 10.4. The van der Waals surface area contributed by atoms with Gasteiger partial charge in [-0.15, -0.1) is 5.10 Å². The highest BCUT2D eigenvalue weighted by molar-refractivity contribution is 5.24. The van der Waals surface area contributed by atoms with Crippen LogP contribution in [0.25, 0.3) is 0 Å². The lowest BCUT2D eigenvalue weighted by Crippen LogP contribution is -2.10. The van der Waals surface area contributed by atoms with Crippen LogP contribution in [-0.4, -0.2) is 31.3 Å². The minimum absolute atomic E-state index is 0.596. The molecule has 2 aromatic rings. The van der Waals surface area contributed by atoms with E-state index in [1.54, 1.807) is 6.20 Å². The monoisotopic (exact) mass is 232 g/mol. The molecule has 0 unspecified atom stereocenters. The van der Waals surface area contributed by atoms with Crippen LogP contribution < -0.4 is 5.32 Å². The molecule has 0 fully saturated rings. The van der Waals surface area contributed by atoms with Gasteiger partial charge in [0.25, 0.3) is 0 Å². The number of hydrogen-bond donors (Lipinski definition) is 1. The highest BCUT2D eigenvalue weighted by Gasteiger charge is 2.00. The van der Waals surface area contributed by atoms with E-state index >= 15 is 0 Å². The minimum atomic E-state index is 0.596. The molecule has 6 nitrogen and oxygen atoms in total. The van der Waals surface area contributed by atoms with Crippen molar-refractivity contribution < 1.29 is 0 Å². The lowest BCUT2D eigenvalue weighted by Gasteiger charge is -2.05. The minimum Gasteiger partial charge on any atom is -0.353 e. The fourth-order valence-electron chi connectivity index (χ4n) is 1.41. The van der Waals surface area contributed by atoms with Crippen molar-refractivity contribution in [2.24, 2.45) is 0 Å². The second-order valence-electron chi connectivity index (χ2n) is 3.89. The molecule has 0 atom stereocenters. The van der Waals surface area contributed by atoms with E-state index in [9.17, 15) is 0 Å². The Labute approximate surface area is 100 Å². The Balaban J connectivity index is 1.76. The van der Waals surface area contributed by atoms with E-state index in [4.69, 9.17) is 0 Å². The molecule has 2 aromatic heterocycles. The second kappa shape index (κ2) is 5.38.